The highest BCUT2D eigenvalue weighted by Gasteiger charge is 2.17. The van der Waals surface area contributed by atoms with Crippen LogP contribution in [0.15, 0.2) is 67.1 Å². The van der Waals surface area contributed by atoms with Crippen LogP contribution in [0.1, 0.15) is 25.5 Å². The third kappa shape index (κ3) is 4.40. The van der Waals surface area contributed by atoms with Crippen molar-refractivity contribution in [2.24, 2.45) is 0 Å². The molecule has 158 valence electrons. The Hall–Kier alpha value is -3.74. The fraction of sp³-hybridized carbons (Fsp3) is 0.167. The van der Waals surface area contributed by atoms with Crippen LogP contribution in [0.5, 0.6) is 5.75 Å². The number of aromatic nitrogens is 3. The molecule has 0 aliphatic heterocycles. The lowest BCUT2D eigenvalue weighted by atomic mass is 9.96. The average Bonchev–Trinajstić information content (AvgIpc) is 3.25. The minimum Gasteiger partial charge on any atom is -0.482 e. The van der Waals surface area contributed by atoms with Gasteiger partial charge in [-0.05, 0) is 55.3 Å². The standard InChI is InChI=1S/C24H22F2N4O/c1-3-30-14-18(13-29-30)17-10-23(24(27)28-12-17)31-15(2)22-11-20(26)8-9-21(22)16-4-6-19(25)7-5-16/h4-15H,3H2,1-2H3,(H2,27,28)/t15-/m1/s1. The molecular formula is C24H22F2N4O. The second-order valence-electron chi connectivity index (χ2n) is 7.19. The molecule has 1 atom stereocenters. The molecule has 7 heteroatoms. The summed E-state index contributed by atoms with van der Waals surface area (Å²) in [5.74, 6) is -0.0938. The van der Waals surface area contributed by atoms with Crippen molar-refractivity contribution < 1.29 is 13.5 Å². The molecule has 4 aromatic rings. The Labute approximate surface area is 179 Å². The Bertz CT molecular complexity index is 1200. The quantitative estimate of drug-likeness (QED) is 0.439. The minimum absolute atomic E-state index is 0.234. The summed E-state index contributed by atoms with van der Waals surface area (Å²) in [6, 6.07) is 12.3. The summed E-state index contributed by atoms with van der Waals surface area (Å²) in [5.41, 5.74) is 9.89. The molecule has 2 N–H and O–H groups in total. The van der Waals surface area contributed by atoms with Gasteiger partial charge >= 0.3 is 0 Å². The van der Waals surface area contributed by atoms with Gasteiger partial charge in [0.2, 0.25) is 0 Å². The van der Waals surface area contributed by atoms with E-state index >= 15 is 0 Å². The van der Waals surface area contributed by atoms with E-state index in [9.17, 15) is 8.78 Å². The van der Waals surface area contributed by atoms with Crippen molar-refractivity contribution in [1.29, 1.82) is 0 Å². The second kappa shape index (κ2) is 8.55. The molecule has 5 nitrogen and oxygen atoms in total. The van der Waals surface area contributed by atoms with Gasteiger partial charge in [0.05, 0.1) is 6.20 Å². The van der Waals surface area contributed by atoms with Crippen LogP contribution in [0, 0.1) is 11.6 Å². The number of nitrogens with two attached hydrogens (primary N) is 1. The predicted octanol–water partition coefficient (Wildman–Crippen LogP) is 5.63. The van der Waals surface area contributed by atoms with Crippen molar-refractivity contribution in [1.82, 2.24) is 14.8 Å². The summed E-state index contributed by atoms with van der Waals surface area (Å²) in [4.78, 5) is 4.25. The Kier molecular flexibility index (Phi) is 5.66. The van der Waals surface area contributed by atoms with Gasteiger partial charge in [0.15, 0.2) is 11.6 Å². The van der Waals surface area contributed by atoms with Crippen LogP contribution in [0.3, 0.4) is 0 Å². The van der Waals surface area contributed by atoms with E-state index in [1.54, 1.807) is 36.7 Å². The van der Waals surface area contributed by atoms with Crippen molar-refractivity contribution in [3.63, 3.8) is 0 Å². The molecular weight excluding hydrogens is 398 g/mol. The fourth-order valence-electron chi connectivity index (χ4n) is 3.41. The third-order valence-corrected chi connectivity index (χ3v) is 5.08. The number of halogens is 2. The molecule has 31 heavy (non-hydrogen) atoms. The monoisotopic (exact) mass is 420 g/mol. The van der Waals surface area contributed by atoms with Crippen molar-refractivity contribution in [2.75, 3.05) is 5.73 Å². The van der Waals surface area contributed by atoms with E-state index in [2.05, 4.69) is 10.1 Å². The van der Waals surface area contributed by atoms with E-state index in [-0.39, 0.29) is 17.5 Å². The molecule has 0 fully saturated rings. The van der Waals surface area contributed by atoms with E-state index in [0.717, 1.165) is 28.8 Å². The summed E-state index contributed by atoms with van der Waals surface area (Å²) in [6.45, 7) is 4.57. The average molecular weight is 420 g/mol. The molecule has 0 aliphatic carbocycles. The van der Waals surface area contributed by atoms with Gasteiger partial charge in [0, 0.05) is 35.6 Å². The molecule has 0 amide bonds. The first-order valence-electron chi connectivity index (χ1n) is 9.95. The molecule has 2 heterocycles. The number of aryl methyl sites for hydroxylation is 1. The van der Waals surface area contributed by atoms with Gasteiger partial charge in [-0.1, -0.05) is 18.2 Å². The summed E-state index contributed by atoms with van der Waals surface area (Å²) in [7, 11) is 0. The lowest BCUT2D eigenvalue weighted by Gasteiger charge is -2.20. The lowest BCUT2D eigenvalue weighted by Crippen LogP contribution is -2.08. The maximum absolute atomic E-state index is 14.1. The van der Waals surface area contributed by atoms with Crippen LogP contribution in [0.25, 0.3) is 22.3 Å². The molecule has 2 aromatic carbocycles. The van der Waals surface area contributed by atoms with Crippen molar-refractivity contribution in [3.05, 3.63) is 84.3 Å². The van der Waals surface area contributed by atoms with E-state index < -0.39 is 6.10 Å². The van der Waals surface area contributed by atoms with E-state index in [1.165, 1.54) is 24.3 Å². The topological polar surface area (TPSA) is 66.0 Å². The summed E-state index contributed by atoms with van der Waals surface area (Å²) in [6.07, 6.45) is 4.80. The van der Waals surface area contributed by atoms with E-state index in [4.69, 9.17) is 10.5 Å². The zero-order valence-electron chi connectivity index (χ0n) is 17.2. The SMILES string of the molecule is CCn1cc(-c2cnc(N)c(O[C@H](C)c3cc(F)ccc3-c3ccc(F)cc3)c2)cn1. The van der Waals surface area contributed by atoms with Crippen LogP contribution in [0.4, 0.5) is 14.6 Å². The number of hydrogen-bond donors (Lipinski definition) is 1. The van der Waals surface area contributed by atoms with Crippen LogP contribution in [-0.4, -0.2) is 14.8 Å². The first-order valence-corrected chi connectivity index (χ1v) is 9.95. The number of hydrogen-bond acceptors (Lipinski definition) is 4. The van der Waals surface area contributed by atoms with Gasteiger partial charge in [0.25, 0.3) is 0 Å². The summed E-state index contributed by atoms with van der Waals surface area (Å²) in [5, 5.41) is 4.28. The number of pyridine rings is 1. The largest absolute Gasteiger partial charge is 0.482 e. The summed E-state index contributed by atoms with van der Waals surface area (Å²) < 4.78 is 35.3. The molecule has 0 unspecified atom stereocenters. The molecule has 0 saturated carbocycles. The van der Waals surface area contributed by atoms with Crippen LogP contribution < -0.4 is 10.5 Å². The normalized spacial score (nSPS) is 12.0. The minimum atomic E-state index is -0.534. The van der Waals surface area contributed by atoms with Gasteiger partial charge in [-0.3, -0.25) is 4.68 Å². The number of ether oxygens (including phenoxy) is 1. The van der Waals surface area contributed by atoms with E-state index in [0.29, 0.717) is 11.3 Å². The molecule has 0 aliphatic rings. The van der Waals surface area contributed by atoms with Gasteiger partial charge in [-0.2, -0.15) is 5.10 Å². The summed E-state index contributed by atoms with van der Waals surface area (Å²) >= 11 is 0. The zero-order valence-corrected chi connectivity index (χ0v) is 17.2. The molecule has 4 rings (SSSR count). The number of rotatable bonds is 6. The molecule has 2 aromatic heterocycles. The fourth-order valence-corrected chi connectivity index (χ4v) is 3.41. The molecule has 0 bridgehead atoms. The zero-order chi connectivity index (χ0) is 22.0. The highest BCUT2D eigenvalue weighted by Crippen LogP contribution is 2.34. The van der Waals surface area contributed by atoms with Crippen molar-refractivity contribution >= 4 is 5.82 Å². The maximum atomic E-state index is 14.1. The number of nitrogen functional groups attached to an aromatic ring is 1. The van der Waals surface area contributed by atoms with E-state index in [1.807, 2.05) is 24.7 Å². The smallest absolute Gasteiger partial charge is 0.166 e. The third-order valence-electron chi connectivity index (χ3n) is 5.08. The number of nitrogens with zero attached hydrogens (tertiary/aromatic N) is 3. The predicted molar refractivity (Wildman–Crippen MR) is 116 cm³/mol. The van der Waals surface area contributed by atoms with Gasteiger partial charge < -0.3 is 10.5 Å². The number of anilines is 1. The highest BCUT2D eigenvalue weighted by atomic mass is 19.1. The molecule has 0 radical (unpaired) electrons. The molecule has 0 spiro atoms. The highest BCUT2D eigenvalue weighted by molar-refractivity contribution is 5.69. The second-order valence-corrected chi connectivity index (χ2v) is 7.19. The first kappa shape index (κ1) is 20.5. The number of benzene rings is 2. The molecule has 0 saturated heterocycles. The first-order chi connectivity index (χ1) is 14.9. The Morgan fingerprint density at radius 1 is 0.968 bits per heavy atom. The van der Waals surface area contributed by atoms with Gasteiger partial charge in [-0.25, -0.2) is 13.8 Å². The Balaban J connectivity index is 1.67. The van der Waals surface area contributed by atoms with Crippen molar-refractivity contribution in [3.8, 4) is 28.0 Å². The lowest BCUT2D eigenvalue weighted by molar-refractivity contribution is 0.228. The van der Waals surface area contributed by atoms with Crippen LogP contribution >= 0.6 is 0 Å². The van der Waals surface area contributed by atoms with Gasteiger partial charge in [-0.15, -0.1) is 0 Å². The Morgan fingerprint density at radius 2 is 1.71 bits per heavy atom. The van der Waals surface area contributed by atoms with Crippen LogP contribution in [-0.2, 0) is 6.54 Å². The van der Waals surface area contributed by atoms with Crippen LogP contribution in [0.2, 0.25) is 0 Å². The Morgan fingerprint density at radius 3 is 2.42 bits per heavy atom. The van der Waals surface area contributed by atoms with Gasteiger partial charge in [0.1, 0.15) is 17.7 Å². The van der Waals surface area contributed by atoms with Crippen molar-refractivity contribution in [2.45, 2.75) is 26.5 Å². The maximum Gasteiger partial charge on any atom is 0.166 e.